The van der Waals surface area contributed by atoms with Crippen LogP contribution in [-0.4, -0.2) is 25.8 Å². The van der Waals surface area contributed by atoms with Gasteiger partial charge in [0.1, 0.15) is 5.52 Å². The summed E-state index contributed by atoms with van der Waals surface area (Å²) in [5, 5.41) is 17.7. The summed E-state index contributed by atoms with van der Waals surface area (Å²) >= 11 is 0. The largest absolute Gasteiger partial charge is 0.273 e. The lowest BCUT2D eigenvalue weighted by molar-refractivity contribution is -0.384. The second kappa shape index (κ2) is 3.12. The molecule has 0 aliphatic heterocycles. The zero-order chi connectivity index (χ0) is 11.0. The topological polar surface area (TPSA) is 90.9 Å². The van der Waals surface area contributed by atoms with Crippen LogP contribution in [0.3, 0.4) is 0 Å². The molecular formula is C8H6N4O3. The van der Waals surface area contributed by atoms with E-state index in [9.17, 15) is 14.9 Å². The van der Waals surface area contributed by atoms with E-state index < -0.39 is 4.92 Å². The number of aromatic nitrogens is 3. The first kappa shape index (κ1) is 9.25. The molecule has 0 fully saturated rings. The number of carbonyl (C=O) groups is 1. The Hall–Kier alpha value is -2.31. The fourth-order valence-electron chi connectivity index (χ4n) is 1.26. The van der Waals surface area contributed by atoms with E-state index in [-0.39, 0.29) is 11.6 Å². The maximum Gasteiger partial charge on any atom is 0.271 e. The SMILES string of the molecule is CC(=O)n1nnc2cc([N+](=O)[O-])ccc21. The molecule has 0 saturated heterocycles. The lowest BCUT2D eigenvalue weighted by atomic mass is 10.3. The molecule has 7 heteroatoms. The van der Waals surface area contributed by atoms with Crippen molar-refractivity contribution in [2.24, 2.45) is 0 Å². The predicted molar refractivity (Wildman–Crippen MR) is 50.5 cm³/mol. The molecule has 76 valence electrons. The van der Waals surface area contributed by atoms with Crippen molar-refractivity contribution in [1.29, 1.82) is 0 Å². The lowest BCUT2D eigenvalue weighted by Crippen LogP contribution is -2.06. The maximum atomic E-state index is 11.1. The summed E-state index contributed by atoms with van der Waals surface area (Å²) in [5.74, 6) is -0.286. The molecule has 0 unspecified atom stereocenters. The molecule has 0 spiro atoms. The number of fused-ring (bicyclic) bond motifs is 1. The van der Waals surface area contributed by atoms with Crippen molar-refractivity contribution in [3.05, 3.63) is 28.3 Å². The first-order chi connectivity index (χ1) is 7.09. The number of nitro groups is 1. The van der Waals surface area contributed by atoms with Gasteiger partial charge in [-0.05, 0) is 6.07 Å². The number of hydrogen-bond donors (Lipinski definition) is 0. The molecule has 0 N–H and O–H groups in total. The van der Waals surface area contributed by atoms with Crippen LogP contribution in [0.5, 0.6) is 0 Å². The van der Waals surface area contributed by atoms with Crippen molar-refractivity contribution >= 4 is 22.6 Å². The minimum atomic E-state index is -0.522. The minimum absolute atomic E-state index is 0.0712. The van der Waals surface area contributed by atoms with Gasteiger partial charge in [0.2, 0.25) is 5.91 Å². The molecule has 2 aromatic rings. The standard InChI is InChI=1S/C8H6N4O3/c1-5(13)11-8-3-2-6(12(14)15)4-7(8)9-10-11/h2-4H,1H3. The monoisotopic (exact) mass is 206 g/mol. The first-order valence-electron chi connectivity index (χ1n) is 4.10. The summed E-state index contributed by atoms with van der Waals surface area (Å²) in [5.41, 5.74) is 0.727. The highest BCUT2D eigenvalue weighted by Crippen LogP contribution is 2.18. The molecule has 0 atom stereocenters. The molecule has 0 bridgehead atoms. The third-order valence-electron chi connectivity index (χ3n) is 1.94. The third-order valence-corrected chi connectivity index (χ3v) is 1.94. The summed E-state index contributed by atoms with van der Waals surface area (Å²) in [7, 11) is 0. The second-order valence-corrected chi connectivity index (χ2v) is 2.95. The van der Waals surface area contributed by atoms with E-state index in [4.69, 9.17) is 0 Å². The van der Waals surface area contributed by atoms with Crippen molar-refractivity contribution < 1.29 is 9.72 Å². The minimum Gasteiger partial charge on any atom is -0.273 e. The fourth-order valence-corrected chi connectivity index (χ4v) is 1.26. The van der Waals surface area contributed by atoms with Crippen LogP contribution in [0.25, 0.3) is 11.0 Å². The Morgan fingerprint density at radius 3 is 2.87 bits per heavy atom. The summed E-state index contributed by atoms with van der Waals surface area (Å²) in [6.45, 7) is 1.34. The summed E-state index contributed by atoms with van der Waals surface area (Å²) in [4.78, 5) is 21.0. The molecule has 0 radical (unpaired) electrons. The van der Waals surface area contributed by atoms with E-state index in [1.807, 2.05) is 0 Å². The van der Waals surface area contributed by atoms with Gasteiger partial charge in [-0.1, -0.05) is 5.21 Å². The van der Waals surface area contributed by atoms with Crippen molar-refractivity contribution in [3.63, 3.8) is 0 Å². The molecule has 15 heavy (non-hydrogen) atoms. The van der Waals surface area contributed by atoms with Gasteiger partial charge < -0.3 is 0 Å². The van der Waals surface area contributed by atoms with Gasteiger partial charge in [0.25, 0.3) is 5.69 Å². The van der Waals surface area contributed by atoms with Crippen LogP contribution >= 0.6 is 0 Å². The normalized spacial score (nSPS) is 10.5. The highest BCUT2D eigenvalue weighted by molar-refractivity contribution is 5.88. The molecule has 0 aliphatic carbocycles. The van der Waals surface area contributed by atoms with Gasteiger partial charge in [0.15, 0.2) is 0 Å². The van der Waals surface area contributed by atoms with E-state index in [0.717, 1.165) is 4.68 Å². The van der Waals surface area contributed by atoms with Gasteiger partial charge >= 0.3 is 0 Å². The maximum absolute atomic E-state index is 11.1. The number of benzene rings is 1. The number of nitrogens with zero attached hydrogens (tertiary/aromatic N) is 4. The molecule has 1 heterocycles. The Balaban J connectivity index is 2.66. The fraction of sp³-hybridized carbons (Fsp3) is 0.125. The Morgan fingerprint density at radius 2 is 2.27 bits per heavy atom. The van der Waals surface area contributed by atoms with Gasteiger partial charge in [0.05, 0.1) is 10.4 Å². The van der Waals surface area contributed by atoms with E-state index in [2.05, 4.69) is 10.3 Å². The van der Waals surface area contributed by atoms with Crippen LogP contribution in [0.2, 0.25) is 0 Å². The number of hydrogen-bond acceptors (Lipinski definition) is 5. The Labute approximate surface area is 83.5 Å². The van der Waals surface area contributed by atoms with Gasteiger partial charge in [0, 0.05) is 19.1 Å². The summed E-state index contributed by atoms with van der Waals surface area (Å²) in [6, 6.07) is 4.04. The van der Waals surface area contributed by atoms with Crippen LogP contribution in [0.1, 0.15) is 11.7 Å². The number of nitro benzene ring substituents is 1. The lowest BCUT2D eigenvalue weighted by Gasteiger charge is -1.94. The van der Waals surface area contributed by atoms with Crippen molar-refractivity contribution in [3.8, 4) is 0 Å². The quantitative estimate of drug-likeness (QED) is 0.512. The van der Waals surface area contributed by atoms with Crippen LogP contribution in [0.15, 0.2) is 18.2 Å². The summed E-state index contributed by atoms with van der Waals surface area (Å²) in [6.07, 6.45) is 0. The Bertz CT molecular complexity index is 560. The molecular weight excluding hydrogens is 200 g/mol. The molecule has 0 aliphatic rings. The second-order valence-electron chi connectivity index (χ2n) is 2.95. The van der Waals surface area contributed by atoms with E-state index in [1.165, 1.54) is 25.1 Å². The van der Waals surface area contributed by atoms with Gasteiger partial charge in [-0.15, -0.1) is 5.10 Å². The third kappa shape index (κ3) is 1.43. The van der Waals surface area contributed by atoms with Crippen molar-refractivity contribution in [2.45, 2.75) is 6.92 Å². The smallest absolute Gasteiger partial charge is 0.271 e. The number of non-ortho nitro benzene ring substituents is 1. The highest BCUT2D eigenvalue weighted by atomic mass is 16.6. The van der Waals surface area contributed by atoms with E-state index >= 15 is 0 Å². The molecule has 0 amide bonds. The Kier molecular flexibility index (Phi) is 1.93. The molecule has 1 aromatic carbocycles. The average molecular weight is 206 g/mol. The van der Waals surface area contributed by atoms with E-state index in [1.54, 1.807) is 0 Å². The van der Waals surface area contributed by atoms with Crippen LogP contribution in [0, 0.1) is 10.1 Å². The van der Waals surface area contributed by atoms with Crippen molar-refractivity contribution in [2.75, 3.05) is 0 Å². The van der Waals surface area contributed by atoms with Gasteiger partial charge in [-0.3, -0.25) is 14.9 Å². The molecule has 1 aromatic heterocycles. The van der Waals surface area contributed by atoms with E-state index in [0.29, 0.717) is 11.0 Å². The average Bonchev–Trinajstić information content (AvgIpc) is 2.59. The predicted octanol–water partition coefficient (Wildman–Crippen LogP) is 1.000. The molecule has 0 saturated carbocycles. The highest BCUT2D eigenvalue weighted by Gasteiger charge is 2.12. The first-order valence-corrected chi connectivity index (χ1v) is 4.10. The van der Waals surface area contributed by atoms with Crippen LogP contribution in [-0.2, 0) is 0 Å². The zero-order valence-corrected chi connectivity index (χ0v) is 7.75. The Morgan fingerprint density at radius 1 is 1.53 bits per heavy atom. The number of carbonyl (C=O) groups excluding carboxylic acids is 1. The zero-order valence-electron chi connectivity index (χ0n) is 7.75. The molecule has 2 rings (SSSR count). The van der Waals surface area contributed by atoms with Crippen LogP contribution < -0.4 is 0 Å². The van der Waals surface area contributed by atoms with Gasteiger partial charge in [-0.2, -0.15) is 4.68 Å². The van der Waals surface area contributed by atoms with Gasteiger partial charge in [-0.25, -0.2) is 0 Å². The number of rotatable bonds is 1. The summed E-state index contributed by atoms with van der Waals surface area (Å²) < 4.78 is 1.10. The van der Waals surface area contributed by atoms with Crippen molar-refractivity contribution in [1.82, 2.24) is 15.0 Å². The van der Waals surface area contributed by atoms with Crippen LogP contribution in [0.4, 0.5) is 5.69 Å². The molecule has 7 nitrogen and oxygen atoms in total.